The Morgan fingerprint density at radius 3 is 2.62 bits per heavy atom. The maximum atomic E-state index is 12.0. The highest BCUT2D eigenvalue weighted by molar-refractivity contribution is 6.32. The van der Waals surface area contributed by atoms with E-state index < -0.39 is 0 Å². The van der Waals surface area contributed by atoms with Crippen molar-refractivity contribution >= 4 is 22.4 Å². The van der Waals surface area contributed by atoms with Gasteiger partial charge in [-0.1, -0.05) is 30.7 Å². The molecule has 2 aromatic carbocycles. The van der Waals surface area contributed by atoms with E-state index in [4.69, 9.17) is 26.8 Å². The molecule has 1 aliphatic carbocycles. The van der Waals surface area contributed by atoms with Gasteiger partial charge in [0.1, 0.15) is 11.5 Å². The van der Waals surface area contributed by atoms with Crippen molar-refractivity contribution in [2.45, 2.75) is 63.5 Å². The van der Waals surface area contributed by atoms with Gasteiger partial charge in [-0.2, -0.15) is 0 Å². The molecule has 1 aromatic heterocycles. The first kappa shape index (κ1) is 22.7. The summed E-state index contributed by atoms with van der Waals surface area (Å²) < 4.78 is 11.9. The first-order valence-electron chi connectivity index (χ1n) is 11.3. The number of aromatic amines is 1. The van der Waals surface area contributed by atoms with Crippen LogP contribution in [0.2, 0.25) is 5.02 Å². The number of rotatable bonds is 6. The number of ether oxygens (including phenoxy) is 2. The normalized spacial score (nSPS) is 22.0. The largest absolute Gasteiger partial charge is 0.496 e. The number of methoxy groups -OCH3 is 1. The van der Waals surface area contributed by atoms with Crippen molar-refractivity contribution in [1.82, 2.24) is 4.98 Å². The molecule has 4 rings (SSSR count). The minimum absolute atomic E-state index is 0.0523. The molecule has 1 heterocycles. The zero-order chi connectivity index (χ0) is 22.9. The fourth-order valence-electron chi connectivity index (χ4n) is 5.08. The van der Waals surface area contributed by atoms with Crippen molar-refractivity contribution in [3.63, 3.8) is 0 Å². The van der Waals surface area contributed by atoms with Crippen molar-refractivity contribution in [2.24, 2.45) is 5.73 Å². The molecule has 1 saturated carbocycles. The Kier molecular flexibility index (Phi) is 6.50. The Balaban J connectivity index is 1.57. The number of nitrogens with two attached hydrogens (primary N) is 1. The van der Waals surface area contributed by atoms with Crippen LogP contribution in [-0.4, -0.2) is 24.2 Å². The van der Waals surface area contributed by atoms with E-state index in [0.29, 0.717) is 16.2 Å². The Bertz CT molecular complexity index is 1170. The molecule has 0 saturated heterocycles. The zero-order valence-electron chi connectivity index (χ0n) is 18.9. The lowest BCUT2D eigenvalue weighted by Gasteiger charge is -2.44. The smallest absolute Gasteiger partial charge is 0.255 e. The lowest BCUT2D eigenvalue weighted by molar-refractivity contribution is 0.104. The van der Waals surface area contributed by atoms with Crippen molar-refractivity contribution in [2.75, 3.05) is 7.11 Å². The van der Waals surface area contributed by atoms with Crippen LogP contribution in [0.15, 0.2) is 47.4 Å². The van der Waals surface area contributed by atoms with E-state index in [1.165, 1.54) is 5.56 Å². The number of hydrogen-bond donors (Lipinski definition) is 2. The van der Waals surface area contributed by atoms with Gasteiger partial charge in [-0.25, -0.2) is 0 Å². The molecule has 170 valence electrons. The second-order valence-electron chi connectivity index (χ2n) is 8.85. The number of hydrogen-bond acceptors (Lipinski definition) is 4. The fourth-order valence-corrected chi connectivity index (χ4v) is 5.28. The van der Waals surface area contributed by atoms with Crippen LogP contribution in [0, 0.1) is 6.92 Å². The number of pyridine rings is 1. The first-order valence-corrected chi connectivity index (χ1v) is 11.6. The molecule has 5 nitrogen and oxygen atoms in total. The van der Waals surface area contributed by atoms with Gasteiger partial charge in [0.05, 0.1) is 18.2 Å². The monoisotopic (exact) mass is 454 g/mol. The Hall–Kier alpha value is -2.50. The van der Waals surface area contributed by atoms with E-state index in [9.17, 15) is 4.79 Å². The van der Waals surface area contributed by atoms with Crippen LogP contribution in [0.3, 0.4) is 0 Å². The molecule has 3 N–H and O–H groups in total. The van der Waals surface area contributed by atoms with Crippen molar-refractivity contribution in [3.05, 3.63) is 69.1 Å². The van der Waals surface area contributed by atoms with Gasteiger partial charge in [-0.3, -0.25) is 4.79 Å². The number of aromatic nitrogens is 1. The van der Waals surface area contributed by atoms with Gasteiger partial charge in [-0.05, 0) is 79.8 Å². The van der Waals surface area contributed by atoms with Crippen molar-refractivity contribution in [3.8, 4) is 11.5 Å². The maximum absolute atomic E-state index is 12.0. The summed E-state index contributed by atoms with van der Waals surface area (Å²) >= 11 is 6.46. The molecule has 0 amide bonds. The van der Waals surface area contributed by atoms with E-state index in [0.717, 1.165) is 48.8 Å². The van der Waals surface area contributed by atoms with Gasteiger partial charge in [0.2, 0.25) is 0 Å². The molecule has 0 radical (unpaired) electrons. The van der Waals surface area contributed by atoms with Crippen LogP contribution in [0.1, 0.15) is 50.2 Å². The van der Waals surface area contributed by atoms with Gasteiger partial charge in [0.25, 0.3) is 5.56 Å². The zero-order valence-corrected chi connectivity index (χ0v) is 19.7. The van der Waals surface area contributed by atoms with Crippen molar-refractivity contribution < 1.29 is 9.47 Å². The lowest BCUT2D eigenvalue weighted by Crippen LogP contribution is -2.48. The maximum Gasteiger partial charge on any atom is 0.255 e. The highest BCUT2D eigenvalue weighted by Crippen LogP contribution is 2.45. The standard InChI is InChI=1S/C26H31ClN2O3/c1-4-24(28)26(18-6-5-16(2)22(14-18)31-3)10-7-19(8-11-26)32-23-13-17-9-12-29-25(30)20(17)15-21(23)27/h5-6,9,12-15,19,24H,4,7-8,10-11,28H2,1-3H3,(H,29,30)/t19-,24?,26+. The number of halogens is 1. The molecular formula is C26H31ClN2O3. The van der Waals surface area contributed by atoms with E-state index in [-0.39, 0.29) is 23.1 Å². The average molecular weight is 455 g/mol. The third-order valence-electron chi connectivity index (χ3n) is 7.08. The van der Waals surface area contributed by atoms with Crippen LogP contribution in [0.25, 0.3) is 10.8 Å². The second kappa shape index (κ2) is 9.16. The number of benzene rings is 2. The number of H-pyrrole nitrogens is 1. The highest BCUT2D eigenvalue weighted by Gasteiger charge is 2.42. The quantitative estimate of drug-likeness (QED) is 0.515. The number of nitrogens with one attached hydrogen (secondary N) is 1. The summed E-state index contributed by atoms with van der Waals surface area (Å²) in [6, 6.07) is 11.9. The molecule has 1 aliphatic rings. The third kappa shape index (κ3) is 4.12. The van der Waals surface area contributed by atoms with Crippen LogP contribution in [0.4, 0.5) is 0 Å². The Labute approximate surface area is 193 Å². The van der Waals surface area contributed by atoms with Crippen LogP contribution in [-0.2, 0) is 5.41 Å². The molecule has 6 heteroatoms. The third-order valence-corrected chi connectivity index (χ3v) is 7.37. The van der Waals surface area contributed by atoms with Crippen LogP contribution < -0.4 is 20.8 Å². The van der Waals surface area contributed by atoms with E-state index in [1.54, 1.807) is 19.4 Å². The molecule has 0 spiro atoms. The molecule has 0 bridgehead atoms. The Morgan fingerprint density at radius 1 is 1.19 bits per heavy atom. The molecule has 3 aromatic rings. The molecule has 32 heavy (non-hydrogen) atoms. The topological polar surface area (TPSA) is 77.3 Å². The molecule has 0 aliphatic heterocycles. The van der Waals surface area contributed by atoms with Gasteiger partial charge in [0.15, 0.2) is 0 Å². The summed E-state index contributed by atoms with van der Waals surface area (Å²) in [5.74, 6) is 1.53. The highest BCUT2D eigenvalue weighted by atomic mass is 35.5. The second-order valence-corrected chi connectivity index (χ2v) is 9.26. The first-order chi connectivity index (χ1) is 15.4. The summed E-state index contributed by atoms with van der Waals surface area (Å²) in [6.45, 7) is 4.21. The van der Waals surface area contributed by atoms with Gasteiger partial charge < -0.3 is 20.2 Å². The minimum atomic E-state index is -0.152. The van der Waals surface area contributed by atoms with Crippen LogP contribution in [0.5, 0.6) is 11.5 Å². The van der Waals surface area contributed by atoms with E-state index in [2.05, 4.69) is 37.0 Å². The summed E-state index contributed by atoms with van der Waals surface area (Å²) in [4.78, 5) is 14.7. The summed E-state index contributed by atoms with van der Waals surface area (Å²) in [5, 5.41) is 1.84. The molecule has 1 unspecified atom stereocenters. The fraction of sp³-hybridized carbons (Fsp3) is 0.423. The van der Waals surface area contributed by atoms with Gasteiger partial charge in [0, 0.05) is 23.0 Å². The predicted molar refractivity (Wildman–Crippen MR) is 130 cm³/mol. The van der Waals surface area contributed by atoms with Crippen LogP contribution >= 0.6 is 11.6 Å². The van der Waals surface area contributed by atoms with Gasteiger partial charge >= 0.3 is 0 Å². The SMILES string of the molecule is CCC(N)[C@]1(c2ccc(C)c(OC)c2)CC[C@H](Oc2cc3cc[nH]c(=O)c3cc2Cl)CC1. The molecule has 1 fully saturated rings. The number of aryl methyl sites for hydroxylation is 1. The van der Waals surface area contributed by atoms with Gasteiger partial charge in [-0.15, -0.1) is 0 Å². The predicted octanol–water partition coefficient (Wildman–Crippen LogP) is 5.50. The van der Waals surface area contributed by atoms with E-state index in [1.807, 2.05) is 12.1 Å². The molecular weight excluding hydrogens is 424 g/mol. The lowest BCUT2D eigenvalue weighted by atomic mass is 9.63. The summed E-state index contributed by atoms with van der Waals surface area (Å²) in [6.07, 6.45) is 6.23. The van der Waals surface area contributed by atoms with E-state index >= 15 is 0 Å². The number of fused-ring (bicyclic) bond motifs is 1. The average Bonchev–Trinajstić information content (AvgIpc) is 2.80. The Morgan fingerprint density at radius 2 is 1.94 bits per heavy atom. The molecule has 1 atom stereocenters. The minimum Gasteiger partial charge on any atom is -0.496 e. The summed E-state index contributed by atoms with van der Waals surface area (Å²) in [5.41, 5.74) is 8.82. The summed E-state index contributed by atoms with van der Waals surface area (Å²) in [7, 11) is 1.71. The van der Waals surface area contributed by atoms with Crippen molar-refractivity contribution in [1.29, 1.82) is 0 Å².